The molecule has 11 aromatic rings. The summed E-state index contributed by atoms with van der Waals surface area (Å²) in [6, 6.07) is 29.1. The van der Waals surface area contributed by atoms with Crippen molar-refractivity contribution in [1.29, 1.82) is 0 Å². The topological polar surface area (TPSA) is 26.9 Å². The number of nitrogens with zero attached hydrogens (tertiary/aromatic N) is 2. The summed E-state index contributed by atoms with van der Waals surface area (Å²) in [7, 11) is 0. The molecule has 3 heteroatoms. The number of aromatic nitrogens is 2. The molecule has 0 saturated carbocycles. The number of carbonyl (C=O) groups is 1. The minimum absolute atomic E-state index is 0.0656. The van der Waals surface area contributed by atoms with E-state index in [0.29, 0.717) is 0 Å². The molecule has 0 aliphatic heterocycles. The second-order valence-corrected chi connectivity index (χ2v) is 8.05. The summed E-state index contributed by atoms with van der Waals surface area (Å²) in [4.78, 5) is 13.8. The van der Waals surface area contributed by atoms with Crippen LogP contribution in [0, 0.1) is 13.8 Å². The lowest BCUT2D eigenvalue weighted by Gasteiger charge is -2.11. The lowest BCUT2D eigenvalue weighted by molar-refractivity contribution is 0.247. The molecule has 0 unspecified atom stereocenters. The number of fused-ring (bicyclic) bond motifs is 2. The van der Waals surface area contributed by atoms with Crippen molar-refractivity contribution >= 4 is 49.6 Å². The Hall–Kier alpha value is -3.85. The fourth-order valence-corrected chi connectivity index (χ4v) is 4.61. The van der Waals surface area contributed by atoms with Crippen molar-refractivity contribution in [3.05, 3.63) is 96.1 Å². The molecule has 0 atom stereocenters. The molecule has 0 saturated heterocycles. The first-order chi connectivity index (χ1) is 14.6. The molecule has 3 nitrogen and oxygen atoms in total. The van der Waals surface area contributed by atoms with Gasteiger partial charge in [-0.2, -0.15) is 0 Å². The van der Waals surface area contributed by atoms with Crippen LogP contribution in [0.4, 0.5) is 4.79 Å². The van der Waals surface area contributed by atoms with E-state index in [4.69, 9.17) is 0 Å². The van der Waals surface area contributed by atoms with Gasteiger partial charge in [0.15, 0.2) is 0 Å². The third-order valence-electron chi connectivity index (χ3n) is 6.18. The van der Waals surface area contributed by atoms with Crippen LogP contribution in [0.3, 0.4) is 0 Å². The van der Waals surface area contributed by atoms with E-state index in [2.05, 4.69) is 55.5 Å². The van der Waals surface area contributed by atoms with E-state index >= 15 is 0 Å². The zero-order chi connectivity index (χ0) is 20.4. The highest BCUT2D eigenvalue weighted by molar-refractivity contribution is 5.99. The summed E-state index contributed by atoms with van der Waals surface area (Å²) in [6.45, 7) is 4.19. The van der Waals surface area contributed by atoms with Gasteiger partial charge >= 0.3 is 6.03 Å². The van der Waals surface area contributed by atoms with Gasteiger partial charge in [0.05, 0.1) is 22.1 Å². The smallest absolute Gasteiger partial charge is 0.262 e. The Balaban J connectivity index is 1.75. The maximum Gasteiger partial charge on any atom is 0.338 e. The van der Waals surface area contributed by atoms with E-state index in [-0.39, 0.29) is 6.03 Å². The van der Waals surface area contributed by atoms with Gasteiger partial charge in [-0.1, -0.05) is 42.5 Å². The number of carbonyl (C=O) groups excluding carboxylic acids is 1. The fraction of sp³-hybridized carbons (Fsp3) is 0.0741. The first kappa shape index (κ1) is 17.0. The maximum absolute atomic E-state index is 13.8. The van der Waals surface area contributed by atoms with Crippen molar-refractivity contribution in [2.45, 2.75) is 13.8 Å². The first-order valence-electron chi connectivity index (χ1n) is 10.2. The molecule has 8 heterocycles. The highest BCUT2D eigenvalue weighted by Gasteiger charge is 2.17. The van der Waals surface area contributed by atoms with Crippen LogP contribution in [0.25, 0.3) is 43.6 Å². The van der Waals surface area contributed by atoms with E-state index in [9.17, 15) is 4.79 Å². The Morgan fingerprint density at radius 1 is 0.567 bits per heavy atom. The van der Waals surface area contributed by atoms with Gasteiger partial charge in [-0.15, -0.1) is 0 Å². The van der Waals surface area contributed by atoms with Crippen LogP contribution < -0.4 is 0 Å². The molecule has 11 rings (SSSR count). The first-order valence-corrected chi connectivity index (χ1v) is 10.2. The molecule has 8 aromatic heterocycles. The van der Waals surface area contributed by atoms with Gasteiger partial charge in [0.25, 0.3) is 0 Å². The summed E-state index contributed by atoms with van der Waals surface area (Å²) in [5.74, 6) is 0. The normalized spacial score (nSPS) is 11.8. The van der Waals surface area contributed by atoms with Crippen LogP contribution in [0.5, 0.6) is 0 Å². The molecule has 3 aromatic carbocycles. The van der Waals surface area contributed by atoms with E-state index in [0.717, 1.165) is 38.4 Å². The van der Waals surface area contributed by atoms with Gasteiger partial charge in [0.2, 0.25) is 0 Å². The van der Waals surface area contributed by atoms with Crippen molar-refractivity contribution in [3.63, 3.8) is 0 Å². The van der Waals surface area contributed by atoms with Crippen LogP contribution in [0.15, 0.2) is 84.9 Å². The molecule has 0 aliphatic carbocycles. The highest BCUT2D eigenvalue weighted by atomic mass is 16.2. The largest absolute Gasteiger partial charge is 0.338 e. The van der Waals surface area contributed by atoms with Crippen LogP contribution in [-0.2, 0) is 0 Å². The molecule has 0 N–H and O–H groups in total. The van der Waals surface area contributed by atoms with Gasteiger partial charge in [-0.25, -0.2) is 4.79 Å². The SMILES string of the molecule is Cc1cc2ccc1c1ccc(cc1)n(C(=O)n1c3ccc1c(C)c3)c1ccc2cc1. The Bertz CT molecular complexity index is 1590. The van der Waals surface area contributed by atoms with Crippen LogP contribution >= 0.6 is 0 Å². The third kappa shape index (κ3) is 2.35. The zero-order valence-electron chi connectivity index (χ0n) is 16.9. The van der Waals surface area contributed by atoms with E-state index < -0.39 is 0 Å². The summed E-state index contributed by atoms with van der Waals surface area (Å²) >= 11 is 0. The van der Waals surface area contributed by atoms with E-state index in [1.165, 1.54) is 16.3 Å². The predicted octanol–water partition coefficient (Wildman–Crippen LogP) is 7.04. The highest BCUT2D eigenvalue weighted by Crippen LogP contribution is 2.26. The van der Waals surface area contributed by atoms with E-state index in [1.54, 1.807) is 9.13 Å². The number of rotatable bonds is 0. The second-order valence-electron chi connectivity index (χ2n) is 8.05. The van der Waals surface area contributed by atoms with Gasteiger partial charge in [0, 0.05) is 0 Å². The molecule has 0 spiro atoms. The zero-order valence-corrected chi connectivity index (χ0v) is 16.9. The fourth-order valence-electron chi connectivity index (χ4n) is 4.61. The quantitative estimate of drug-likeness (QED) is 0.274. The van der Waals surface area contributed by atoms with Crippen molar-refractivity contribution in [2.24, 2.45) is 0 Å². The lowest BCUT2D eigenvalue weighted by Crippen LogP contribution is -2.18. The maximum atomic E-state index is 13.8. The lowest BCUT2D eigenvalue weighted by atomic mass is 10.0. The van der Waals surface area contributed by atoms with Gasteiger partial charge in [-0.3, -0.25) is 9.13 Å². The molecular formula is C27H20N2O. The van der Waals surface area contributed by atoms with Crippen molar-refractivity contribution < 1.29 is 4.79 Å². The molecule has 0 aliphatic rings. The molecule has 30 heavy (non-hydrogen) atoms. The standard InChI is InChI=1S/C27H20N2O/c1-17-15-21-7-13-25(17)20-5-10-23(11-6-20)28(22-8-3-19(21)4-9-22)27(30)29-24-12-14-26(29)18(2)16-24/h3-16H,1-2H3. The van der Waals surface area contributed by atoms with Crippen LogP contribution in [0.2, 0.25) is 0 Å². The Morgan fingerprint density at radius 2 is 1.17 bits per heavy atom. The van der Waals surface area contributed by atoms with Gasteiger partial charge < -0.3 is 0 Å². The molecular weight excluding hydrogens is 368 g/mol. The third-order valence-corrected chi connectivity index (χ3v) is 6.18. The molecule has 0 amide bonds. The Kier molecular flexibility index (Phi) is 3.45. The second kappa shape index (κ2) is 6.07. The van der Waals surface area contributed by atoms with E-state index in [1.807, 2.05) is 43.3 Å². The Labute approximate surface area is 173 Å². The van der Waals surface area contributed by atoms with Gasteiger partial charge in [0.1, 0.15) is 0 Å². The monoisotopic (exact) mass is 388 g/mol. The Morgan fingerprint density at radius 3 is 1.73 bits per heavy atom. The average molecular weight is 388 g/mol. The van der Waals surface area contributed by atoms with Crippen molar-refractivity contribution in [1.82, 2.24) is 9.13 Å². The van der Waals surface area contributed by atoms with Crippen molar-refractivity contribution in [2.75, 3.05) is 0 Å². The molecule has 8 bridgehead atoms. The summed E-state index contributed by atoms with van der Waals surface area (Å²) in [5.41, 5.74) is 5.96. The summed E-state index contributed by atoms with van der Waals surface area (Å²) in [6.07, 6.45) is 0. The number of hydrogen-bond donors (Lipinski definition) is 0. The number of hydrogen-bond acceptors (Lipinski definition) is 1. The molecule has 0 radical (unpaired) electrons. The summed E-state index contributed by atoms with van der Waals surface area (Å²) < 4.78 is 3.60. The van der Waals surface area contributed by atoms with Crippen LogP contribution in [-0.4, -0.2) is 15.2 Å². The number of benzene rings is 4. The van der Waals surface area contributed by atoms with Crippen LogP contribution in [0.1, 0.15) is 11.1 Å². The summed E-state index contributed by atoms with van der Waals surface area (Å²) in [5, 5.41) is 4.70. The minimum atomic E-state index is -0.0656. The van der Waals surface area contributed by atoms with Crippen molar-refractivity contribution in [3.8, 4) is 0 Å². The average Bonchev–Trinajstić information content (AvgIpc) is 3.32. The molecule has 0 fully saturated rings. The molecule has 144 valence electrons. The number of aryl methyl sites for hydroxylation is 2. The van der Waals surface area contributed by atoms with Gasteiger partial charge in [-0.05, 0) is 89.0 Å². The minimum Gasteiger partial charge on any atom is -0.262 e. The predicted molar refractivity (Wildman–Crippen MR) is 125 cm³/mol.